The van der Waals surface area contributed by atoms with E-state index in [9.17, 15) is 0 Å². The van der Waals surface area contributed by atoms with Crippen molar-refractivity contribution in [3.63, 3.8) is 0 Å². The predicted octanol–water partition coefficient (Wildman–Crippen LogP) is 3.14. The molecule has 5 heteroatoms. The van der Waals surface area contributed by atoms with Crippen LogP contribution in [0.25, 0.3) is 0 Å². The lowest BCUT2D eigenvalue weighted by atomic mass is 10.3. The van der Waals surface area contributed by atoms with Gasteiger partial charge in [0.2, 0.25) is 5.88 Å². The fourth-order valence-corrected chi connectivity index (χ4v) is 1.77. The van der Waals surface area contributed by atoms with Crippen molar-refractivity contribution >= 4 is 15.9 Å². The molecule has 0 aliphatic carbocycles. The summed E-state index contributed by atoms with van der Waals surface area (Å²) in [5.41, 5.74) is 0.901. The maximum absolute atomic E-state index is 5.59. The van der Waals surface area contributed by atoms with Crippen LogP contribution in [0.3, 0.4) is 0 Å². The third-order valence-corrected chi connectivity index (χ3v) is 2.75. The highest BCUT2D eigenvalue weighted by atomic mass is 79.9. The maximum atomic E-state index is 5.59. The van der Waals surface area contributed by atoms with E-state index in [-0.39, 0.29) is 0 Å². The minimum Gasteiger partial charge on any atom is -0.437 e. The SMILES string of the molecule is CCNCc1cnc(Oc2cccc(Br)c2)cn1. The van der Waals surface area contributed by atoms with E-state index in [1.807, 2.05) is 24.3 Å². The zero-order chi connectivity index (χ0) is 12.8. The van der Waals surface area contributed by atoms with Gasteiger partial charge in [0.05, 0.1) is 18.1 Å². The molecule has 0 spiro atoms. The quantitative estimate of drug-likeness (QED) is 0.922. The van der Waals surface area contributed by atoms with Gasteiger partial charge in [0.15, 0.2) is 0 Å². The third-order valence-electron chi connectivity index (χ3n) is 2.26. The first kappa shape index (κ1) is 13.0. The lowest BCUT2D eigenvalue weighted by Crippen LogP contribution is -2.13. The number of nitrogens with zero attached hydrogens (tertiary/aromatic N) is 2. The van der Waals surface area contributed by atoms with Gasteiger partial charge in [-0.05, 0) is 24.7 Å². The molecule has 0 atom stereocenters. The van der Waals surface area contributed by atoms with Crippen LogP contribution >= 0.6 is 15.9 Å². The molecule has 2 rings (SSSR count). The Kier molecular flexibility index (Phi) is 4.66. The molecule has 0 radical (unpaired) electrons. The van der Waals surface area contributed by atoms with Gasteiger partial charge in [0, 0.05) is 11.0 Å². The van der Waals surface area contributed by atoms with Gasteiger partial charge in [-0.1, -0.05) is 28.9 Å². The van der Waals surface area contributed by atoms with Gasteiger partial charge < -0.3 is 10.1 Å². The van der Waals surface area contributed by atoms with E-state index in [2.05, 4.69) is 38.1 Å². The van der Waals surface area contributed by atoms with Crippen LogP contribution < -0.4 is 10.1 Å². The summed E-state index contributed by atoms with van der Waals surface area (Å²) in [5.74, 6) is 1.23. The molecule has 1 aromatic heterocycles. The van der Waals surface area contributed by atoms with Gasteiger partial charge in [-0.25, -0.2) is 4.98 Å². The smallest absolute Gasteiger partial charge is 0.237 e. The van der Waals surface area contributed by atoms with Crippen molar-refractivity contribution in [3.8, 4) is 11.6 Å². The number of ether oxygens (including phenoxy) is 1. The van der Waals surface area contributed by atoms with Crippen molar-refractivity contribution in [2.45, 2.75) is 13.5 Å². The average Bonchev–Trinajstić information content (AvgIpc) is 2.38. The van der Waals surface area contributed by atoms with Crippen LogP contribution in [-0.4, -0.2) is 16.5 Å². The number of aromatic nitrogens is 2. The second-order valence-electron chi connectivity index (χ2n) is 3.69. The van der Waals surface area contributed by atoms with E-state index >= 15 is 0 Å². The molecular weight excluding hydrogens is 294 g/mol. The summed E-state index contributed by atoms with van der Waals surface area (Å²) in [6, 6.07) is 7.61. The Morgan fingerprint density at radius 1 is 1.28 bits per heavy atom. The van der Waals surface area contributed by atoms with Crippen LogP contribution in [-0.2, 0) is 6.54 Å². The number of halogens is 1. The number of benzene rings is 1. The molecule has 0 unspecified atom stereocenters. The second kappa shape index (κ2) is 6.47. The maximum Gasteiger partial charge on any atom is 0.237 e. The Hall–Kier alpha value is -1.46. The van der Waals surface area contributed by atoms with Gasteiger partial charge in [-0.15, -0.1) is 0 Å². The van der Waals surface area contributed by atoms with Gasteiger partial charge in [0.1, 0.15) is 5.75 Å². The summed E-state index contributed by atoms with van der Waals surface area (Å²) in [4.78, 5) is 8.49. The lowest BCUT2D eigenvalue weighted by Gasteiger charge is -2.05. The van der Waals surface area contributed by atoms with Crippen LogP contribution in [0.5, 0.6) is 11.6 Å². The minimum atomic E-state index is 0.494. The molecule has 0 bridgehead atoms. The predicted molar refractivity (Wildman–Crippen MR) is 73.6 cm³/mol. The lowest BCUT2D eigenvalue weighted by molar-refractivity contribution is 0.458. The molecule has 2 aromatic rings. The molecule has 0 amide bonds. The van der Waals surface area contributed by atoms with E-state index in [4.69, 9.17) is 4.74 Å². The zero-order valence-corrected chi connectivity index (χ0v) is 11.6. The number of hydrogen-bond donors (Lipinski definition) is 1. The second-order valence-corrected chi connectivity index (χ2v) is 4.60. The Balaban J connectivity index is 2.02. The fraction of sp³-hybridized carbons (Fsp3) is 0.231. The summed E-state index contributed by atoms with van der Waals surface area (Å²) in [6.07, 6.45) is 3.35. The fourth-order valence-electron chi connectivity index (χ4n) is 1.39. The van der Waals surface area contributed by atoms with E-state index < -0.39 is 0 Å². The first-order chi connectivity index (χ1) is 8.78. The summed E-state index contributed by atoms with van der Waals surface area (Å²) in [6.45, 7) is 3.69. The normalized spacial score (nSPS) is 10.3. The highest BCUT2D eigenvalue weighted by Crippen LogP contribution is 2.22. The summed E-state index contributed by atoms with van der Waals surface area (Å²) in [7, 11) is 0. The molecule has 18 heavy (non-hydrogen) atoms. The van der Waals surface area contributed by atoms with Crippen molar-refractivity contribution in [3.05, 3.63) is 46.8 Å². The summed E-state index contributed by atoms with van der Waals surface area (Å²) >= 11 is 3.39. The van der Waals surface area contributed by atoms with Gasteiger partial charge in [0.25, 0.3) is 0 Å². The van der Waals surface area contributed by atoms with Crippen LogP contribution in [0.2, 0.25) is 0 Å². The topological polar surface area (TPSA) is 47.0 Å². The van der Waals surface area contributed by atoms with Crippen LogP contribution in [0.15, 0.2) is 41.1 Å². The molecule has 0 saturated heterocycles. The van der Waals surface area contributed by atoms with Crippen molar-refractivity contribution in [2.24, 2.45) is 0 Å². The molecule has 0 fully saturated rings. The third kappa shape index (κ3) is 3.78. The summed E-state index contributed by atoms with van der Waals surface area (Å²) in [5, 5.41) is 3.19. The Morgan fingerprint density at radius 2 is 2.17 bits per heavy atom. The van der Waals surface area contributed by atoms with Crippen LogP contribution in [0.4, 0.5) is 0 Å². The Bertz CT molecular complexity index is 502. The number of rotatable bonds is 5. The molecule has 0 aliphatic rings. The largest absolute Gasteiger partial charge is 0.437 e. The van der Waals surface area contributed by atoms with E-state index in [1.165, 1.54) is 0 Å². The zero-order valence-electron chi connectivity index (χ0n) is 10.1. The standard InChI is InChI=1S/C13H14BrN3O/c1-2-15-7-11-8-17-13(9-16-11)18-12-5-3-4-10(14)6-12/h3-6,8-9,15H,2,7H2,1H3. The molecule has 94 valence electrons. The first-order valence-corrected chi connectivity index (χ1v) is 6.52. The number of hydrogen-bond acceptors (Lipinski definition) is 4. The highest BCUT2D eigenvalue weighted by Gasteiger charge is 2.00. The van der Waals surface area contributed by atoms with Crippen LogP contribution in [0.1, 0.15) is 12.6 Å². The molecule has 0 saturated carbocycles. The van der Waals surface area contributed by atoms with Gasteiger partial charge >= 0.3 is 0 Å². The molecule has 0 aliphatic heterocycles. The van der Waals surface area contributed by atoms with Crippen molar-refractivity contribution in [1.82, 2.24) is 15.3 Å². The molecule has 1 aromatic carbocycles. The van der Waals surface area contributed by atoms with Crippen molar-refractivity contribution in [1.29, 1.82) is 0 Å². The van der Waals surface area contributed by atoms with Crippen molar-refractivity contribution in [2.75, 3.05) is 6.54 Å². The minimum absolute atomic E-state index is 0.494. The molecular formula is C13H14BrN3O. The average molecular weight is 308 g/mol. The molecule has 1 N–H and O–H groups in total. The summed E-state index contributed by atoms with van der Waals surface area (Å²) < 4.78 is 6.56. The van der Waals surface area contributed by atoms with E-state index in [0.717, 1.165) is 29.0 Å². The molecule has 1 heterocycles. The monoisotopic (exact) mass is 307 g/mol. The Morgan fingerprint density at radius 3 is 2.83 bits per heavy atom. The van der Waals surface area contributed by atoms with Crippen LogP contribution in [0, 0.1) is 0 Å². The van der Waals surface area contributed by atoms with E-state index in [1.54, 1.807) is 12.4 Å². The van der Waals surface area contributed by atoms with Gasteiger partial charge in [-0.2, -0.15) is 0 Å². The number of nitrogens with one attached hydrogen (secondary N) is 1. The molecule has 4 nitrogen and oxygen atoms in total. The van der Waals surface area contributed by atoms with Gasteiger partial charge in [-0.3, -0.25) is 4.98 Å². The highest BCUT2D eigenvalue weighted by molar-refractivity contribution is 9.10. The Labute approximate surface area is 115 Å². The van der Waals surface area contributed by atoms with Crippen molar-refractivity contribution < 1.29 is 4.74 Å². The first-order valence-electron chi connectivity index (χ1n) is 5.73. The van der Waals surface area contributed by atoms with E-state index in [0.29, 0.717) is 5.88 Å².